The molecule has 0 unspecified atom stereocenters. The van der Waals surface area contributed by atoms with E-state index in [0.29, 0.717) is 18.2 Å². The van der Waals surface area contributed by atoms with Gasteiger partial charge in [-0.25, -0.2) is 9.97 Å². The van der Waals surface area contributed by atoms with Crippen LogP contribution in [0.15, 0.2) is 30.7 Å². The predicted molar refractivity (Wildman–Crippen MR) is 73.5 cm³/mol. The second-order valence-corrected chi connectivity index (χ2v) is 4.70. The molecule has 0 aliphatic heterocycles. The van der Waals surface area contributed by atoms with Gasteiger partial charge in [-0.2, -0.15) is 5.26 Å². The molecule has 2 aromatic rings. The number of rotatable bonds is 5. The molecule has 0 bridgehead atoms. The molecule has 0 atom stereocenters. The number of aromatic amines is 1. The lowest BCUT2D eigenvalue weighted by atomic mass is 10.1. The van der Waals surface area contributed by atoms with E-state index in [1.54, 1.807) is 19.9 Å². The summed E-state index contributed by atoms with van der Waals surface area (Å²) in [5.74, 6) is 1.33. The van der Waals surface area contributed by atoms with Crippen molar-refractivity contribution in [1.29, 1.82) is 5.26 Å². The second kappa shape index (κ2) is 5.40. The molecule has 6 heteroatoms. The Morgan fingerprint density at radius 1 is 1.37 bits per heavy atom. The van der Waals surface area contributed by atoms with Crippen molar-refractivity contribution in [1.82, 2.24) is 15.0 Å². The zero-order valence-electron chi connectivity index (χ0n) is 10.9. The van der Waals surface area contributed by atoms with E-state index in [1.807, 2.05) is 18.3 Å². The summed E-state index contributed by atoms with van der Waals surface area (Å²) in [5, 5.41) is 15.2. The number of aromatic nitrogens is 3. The topological polar surface area (TPSA) is 89.4 Å². The summed E-state index contributed by atoms with van der Waals surface area (Å²) < 4.78 is 0. The van der Waals surface area contributed by atoms with Crippen LogP contribution in [0, 0.1) is 11.3 Å². The van der Waals surface area contributed by atoms with Crippen LogP contribution in [0.25, 0.3) is 0 Å². The maximum absolute atomic E-state index is 8.98. The Labute approximate surface area is 111 Å². The van der Waals surface area contributed by atoms with Crippen molar-refractivity contribution >= 4 is 11.6 Å². The Morgan fingerprint density at radius 3 is 2.84 bits per heavy atom. The van der Waals surface area contributed by atoms with Gasteiger partial charge in [0.05, 0.1) is 12.6 Å². The Kier molecular flexibility index (Phi) is 3.66. The highest BCUT2D eigenvalue weighted by Gasteiger charge is 2.16. The van der Waals surface area contributed by atoms with E-state index in [9.17, 15) is 0 Å². The van der Waals surface area contributed by atoms with E-state index in [2.05, 4.69) is 31.7 Å². The summed E-state index contributed by atoms with van der Waals surface area (Å²) in [4.78, 5) is 11.3. The Morgan fingerprint density at radius 2 is 2.16 bits per heavy atom. The molecule has 0 radical (unpaired) electrons. The highest BCUT2D eigenvalue weighted by molar-refractivity contribution is 5.48. The van der Waals surface area contributed by atoms with Crippen molar-refractivity contribution in [2.75, 3.05) is 10.6 Å². The van der Waals surface area contributed by atoms with Crippen LogP contribution >= 0.6 is 0 Å². The summed E-state index contributed by atoms with van der Waals surface area (Å²) in [5.41, 5.74) is 0.413. The van der Waals surface area contributed by atoms with Crippen molar-refractivity contribution in [2.24, 2.45) is 0 Å². The monoisotopic (exact) mass is 256 g/mol. The number of nitrogens with one attached hydrogen (secondary N) is 3. The minimum Gasteiger partial charge on any atom is -0.364 e. The van der Waals surface area contributed by atoms with Gasteiger partial charge in [-0.05, 0) is 26.0 Å². The van der Waals surface area contributed by atoms with Crippen molar-refractivity contribution in [3.63, 3.8) is 0 Å². The first-order valence-corrected chi connectivity index (χ1v) is 5.97. The lowest BCUT2D eigenvalue weighted by molar-refractivity contribution is 0.723. The summed E-state index contributed by atoms with van der Waals surface area (Å²) in [6.07, 6.45) is 3.34. The molecule has 0 aliphatic rings. The fraction of sp³-hybridized carbons (Fsp3) is 0.308. The zero-order valence-corrected chi connectivity index (χ0v) is 10.9. The van der Waals surface area contributed by atoms with Gasteiger partial charge in [-0.1, -0.05) is 0 Å². The van der Waals surface area contributed by atoms with Crippen LogP contribution in [0.5, 0.6) is 0 Å². The average Bonchev–Trinajstić information content (AvgIpc) is 2.89. The lowest BCUT2D eigenvalue weighted by Crippen LogP contribution is -2.29. The molecule has 2 aromatic heterocycles. The van der Waals surface area contributed by atoms with Crippen LogP contribution in [0.2, 0.25) is 0 Å². The number of H-pyrrole nitrogens is 1. The minimum atomic E-state index is -0.662. The average molecular weight is 256 g/mol. The molecule has 0 spiro atoms. The van der Waals surface area contributed by atoms with Crippen molar-refractivity contribution in [3.05, 3.63) is 36.4 Å². The van der Waals surface area contributed by atoms with Crippen LogP contribution in [-0.2, 0) is 6.54 Å². The SMILES string of the molecule is CC(C)(C#N)Nc1cc(NCc2ccc[nH]2)ncn1. The molecule has 3 N–H and O–H groups in total. The van der Waals surface area contributed by atoms with Crippen LogP contribution in [0.3, 0.4) is 0 Å². The fourth-order valence-corrected chi connectivity index (χ4v) is 1.53. The van der Waals surface area contributed by atoms with E-state index in [-0.39, 0.29) is 0 Å². The molecule has 0 amide bonds. The van der Waals surface area contributed by atoms with E-state index >= 15 is 0 Å². The summed E-state index contributed by atoms with van der Waals surface area (Å²) >= 11 is 0. The van der Waals surface area contributed by atoms with Crippen LogP contribution in [0.4, 0.5) is 11.6 Å². The van der Waals surface area contributed by atoms with E-state index in [4.69, 9.17) is 5.26 Å². The maximum atomic E-state index is 8.98. The first-order chi connectivity index (χ1) is 9.09. The standard InChI is InChI=1S/C13H16N6/c1-13(2,8-14)19-12-6-11(17-9-18-12)16-7-10-4-3-5-15-10/h3-6,9,15H,7H2,1-2H3,(H2,16,17,18,19). The van der Waals surface area contributed by atoms with E-state index in [0.717, 1.165) is 5.69 Å². The van der Waals surface area contributed by atoms with Crippen molar-refractivity contribution < 1.29 is 0 Å². The number of nitrogens with zero attached hydrogens (tertiary/aromatic N) is 3. The molecule has 19 heavy (non-hydrogen) atoms. The summed E-state index contributed by atoms with van der Waals surface area (Å²) in [6, 6.07) is 7.88. The van der Waals surface area contributed by atoms with Gasteiger partial charge < -0.3 is 15.6 Å². The summed E-state index contributed by atoms with van der Waals surface area (Å²) in [6.45, 7) is 4.24. The van der Waals surface area contributed by atoms with Gasteiger partial charge >= 0.3 is 0 Å². The zero-order chi connectivity index (χ0) is 13.7. The normalized spacial score (nSPS) is 10.8. The van der Waals surface area contributed by atoms with Crippen LogP contribution in [-0.4, -0.2) is 20.5 Å². The molecule has 0 saturated heterocycles. The first kappa shape index (κ1) is 12.9. The van der Waals surface area contributed by atoms with Gasteiger partial charge in [0.2, 0.25) is 0 Å². The van der Waals surface area contributed by atoms with Gasteiger partial charge in [-0.15, -0.1) is 0 Å². The second-order valence-electron chi connectivity index (χ2n) is 4.70. The molecule has 0 saturated carbocycles. The van der Waals surface area contributed by atoms with E-state index < -0.39 is 5.54 Å². The van der Waals surface area contributed by atoms with Gasteiger partial charge in [-0.3, -0.25) is 0 Å². The number of anilines is 2. The molecular formula is C13H16N6. The quantitative estimate of drug-likeness (QED) is 0.762. The highest BCUT2D eigenvalue weighted by Crippen LogP contribution is 2.14. The molecule has 6 nitrogen and oxygen atoms in total. The molecule has 2 heterocycles. The number of nitriles is 1. The third-order valence-electron chi connectivity index (χ3n) is 2.51. The van der Waals surface area contributed by atoms with Gasteiger partial charge in [0.1, 0.15) is 23.5 Å². The molecule has 0 fully saturated rings. The first-order valence-electron chi connectivity index (χ1n) is 5.97. The molecule has 0 aliphatic carbocycles. The lowest BCUT2D eigenvalue weighted by Gasteiger charge is -2.18. The number of hydrogen-bond acceptors (Lipinski definition) is 5. The van der Waals surface area contributed by atoms with Gasteiger partial charge in [0.15, 0.2) is 0 Å². The van der Waals surface area contributed by atoms with Gasteiger partial charge in [0.25, 0.3) is 0 Å². The molecular weight excluding hydrogens is 240 g/mol. The Hall–Kier alpha value is -2.55. The number of hydrogen-bond donors (Lipinski definition) is 3. The van der Waals surface area contributed by atoms with Crippen LogP contribution < -0.4 is 10.6 Å². The molecule has 98 valence electrons. The fourth-order valence-electron chi connectivity index (χ4n) is 1.53. The van der Waals surface area contributed by atoms with Gasteiger partial charge in [0, 0.05) is 18.0 Å². The highest BCUT2D eigenvalue weighted by atomic mass is 15.1. The third-order valence-corrected chi connectivity index (χ3v) is 2.51. The van der Waals surface area contributed by atoms with Crippen molar-refractivity contribution in [2.45, 2.75) is 25.9 Å². The predicted octanol–water partition coefficient (Wildman–Crippen LogP) is 2.13. The van der Waals surface area contributed by atoms with Crippen LogP contribution in [0.1, 0.15) is 19.5 Å². The smallest absolute Gasteiger partial charge is 0.132 e. The molecule has 2 rings (SSSR count). The Balaban J connectivity index is 2.01. The minimum absolute atomic E-state index is 0.621. The van der Waals surface area contributed by atoms with E-state index in [1.165, 1.54) is 6.33 Å². The molecule has 0 aromatic carbocycles. The third kappa shape index (κ3) is 3.71. The van der Waals surface area contributed by atoms with Crippen molar-refractivity contribution in [3.8, 4) is 6.07 Å². The summed E-state index contributed by atoms with van der Waals surface area (Å²) in [7, 11) is 0. The largest absolute Gasteiger partial charge is 0.364 e. The Bertz CT molecular complexity index is 567. The maximum Gasteiger partial charge on any atom is 0.132 e.